The number of aromatic nitrogens is 1. The molecule has 2 aromatic rings. The Balaban J connectivity index is 1.42. The van der Waals surface area contributed by atoms with E-state index in [-0.39, 0.29) is 18.2 Å². The largest absolute Gasteiger partial charge is 0.378 e. The second-order valence-corrected chi connectivity index (χ2v) is 11.3. The van der Waals surface area contributed by atoms with E-state index in [2.05, 4.69) is 51.0 Å². The van der Waals surface area contributed by atoms with Gasteiger partial charge in [-0.2, -0.15) is 0 Å². The molecular formula is C25H36N4O3S. The van der Waals surface area contributed by atoms with E-state index in [1.807, 2.05) is 31.3 Å². The predicted octanol–water partition coefficient (Wildman–Crippen LogP) is 3.39. The molecule has 1 aromatic carbocycles. The number of ether oxygens (including phenoxy) is 1. The molecule has 1 saturated heterocycles. The van der Waals surface area contributed by atoms with Gasteiger partial charge < -0.3 is 14.5 Å². The summed E-state index contributed by atoms with van der Waals surface area (Å²) in [6.07, 6.45) is 8.30. The summed E-state index contributed by atoms with van der Waals surface area (Å²) in [6, 6.07) is 14.5. The summed E-state index contributed by atoms with van der Waals surface area (Å²) in [4.78, 5) is 8.84. The third kappa shape index (κ3) is 6.25. The van der Waals surface area contributed by atoms with Crippen LogP contribution >= 0.6 is 0 Å². The van der Waals surface area contributed by atoms with Crippen molar-refractivity contribution in [3.05, 3.63) is 54.2 Å². The van der Waals surface area contributed by atoms with Crippen molar-refractivity contribution in [1.29, 1.82) is 0 Å². The van der Waals surface area contributed by atoms with E-state index in [0.717, 1.165) is 50.2 Å². The normalized spacial score (nSPS) is 25.8. The van der Waals surface area contributed by atoms with Crippen LogP contribution in [0.5, 0.6) is 0 Å². The van der Waals surface area contributed by atoms with Crippen molar-refractivity contribution in [3.63, 3.8) is 0 Å². The highest BCUT2D eigenvalue weighted by atomic mass is 32.2. The zero-order chi connectivity index (χ0) is 23.4. The maximum atomic E-state index is 12.0. The van der Waals surface area contributed by atoms with Crippen LogP contribution in [-0.2, 0) is 14.8 Å². The molecule has 1 aliphatic carbocycles. The summed E-state index contributed by atoms with van der Waals surface area (Å²) in [5.74, 6) is 1.46. The fourth-order valence-electron chi connectivity index (χ4n) is 5.12. The molecule has 0 bridgehead atoms. The van der Waals surface area contributed by atoms with Gasteiger partial charge in [-0.15, -0.1) is 0 Å². The van der Waals surface area contributed by atoms with Gasteiger partial charge >= 0.3 is 0 Å². The lowest BCUT2D eigenvalue weighted by molar-refractivity contribution is 0.0156. The van der Waals surface area contributed by atoms with E-state index in [4.69, 9.17) is 4.74 Å². The summed E-state index contributed by atoms with van der Waals surface area (Å²) in [7, 11) is 0.697. The van der Waals surface area contributed by atoms with Crippen LogP contribution in [0, 0.1) is 0 Å². The molecule has 2 aliphatic rings. The predicted molar refractivity (Wildman–Crippen MR) is 133 cm³/mol. The van der Waals surface area contributed by atoms with Crippen molar-refractivity contribution in [2.24, 2.45) is 0 Å². The zero-order valence-electron chi connectivity index (χ0n) is 19.9. The third-order valence-corrected chi connectivity index (χ3v) is 7.63. The average molecular weight is 473 g/mol. The minimum atomic E-state index is -3.31. The van der Waals surface area contributed by atoms with Crippen LogP contribution in [0.25, 0.3) is 0 Å². The summed E-state index contributed by atoms with van der Waals surface area (Å²) in [5.41, 5.74) is 2.49. The number of anilines is 2. The molecule has 8 heteroatoms. The zero-order valence-corrected chi connectivity index (χ0v) is 20.7. The Kier molecular flexibility index (Phi) is 7.56. The molecular weight excluding hydrogens is 436 g/mol. The summed E-state index contributed by atoms with van der Waals surface area (Å²) in [6.45, 7) is 1.23. The molecule has 1 aromatic heterocycles. The van der Waals surface area contributed by atoms with Crippen LogP contribution in [0.2, 0.25) is 0 Å². The number of benzene rings is 1. The van der Waals surface area contributed by atoms with Crippen molar-refractivity contribution in [2.75, 3.05) is 43.3 Å². The molecule has 4 rings (SSSR count). The highest BCUT2D eigenvalue weighted by Gasteiger charge is 2.37. The lowest BCUT2D eigenvalue weighted by atomic mass is 9.83. The van der Waals surface area contributed by atoms with Crippen molar-refractivity contribution in [1.82, 2.24) is 9.71 Å². The first-order chi connectivity index (χ1) is 15.8. The smallest absolute Gasteiger partial charge is 0.209 e. The van der Waals surface area contributed by atoms with Crippen LogP contribution in [0.4, 0.5) is 11.5 Å². The molecule has 2 fully saturated rings. The summed E-state index contributed by atoms with van der Waals surface area (Å²) in [5, 5.41) is 0. The van der Waals surface area contributed by atoms with E-state index < -0.39 is 10.0 Å². The van der Waals surface area contributed by atoms with Crippen LogP contribution in [0.1, 0.15) is 43.6 Å². The Hall–Kier alpha value is -2.16. The van der Waals surface area contributed by atoms with E-state index in [1.165, 1.54) is 11.8 Å². The van der Waals surface area contributed by atoms with Crippen LogP contribution in [-0.4, -0.2) is 65.1 Å². The number of nitrogens with one attached hydrogen (secondary N) is 1. The van der Waals surface area contributed by atoms with E-state index in [9.17, 15) is 8.42 Å². The highest BCUT2D eigenvalue weighted by molar-refractivity contribution is 7.88. The minimum Gasteiger partial charge on any atom is -0.378 e. The van der Waals surface area contributed by atoms with Gasteiger partial charge in [-0.25, -0.2) is 18.1 Å². The maximum absolute atomic E-state index is 12.0. The molecule has 1 N–H and O–H groups in total. The Morgan fingerprint density at radius 3 is 2.48 bits per heavy atom. The molecule has 7 nitrogen and oxygen atoms in total. The van der Waals surface area contributed by atoms with Crippen LogP contribution in [0.3, 0.4) is 0 Å². The van der Waals surface area contributed by atoms with Gasteiger partial charge in [-0.3, -0.25) is 0 Å². The van der Waals surface area contributed by atoms with Gasteiger partial charge in [0.1, 0.15) is 5.82 Å². The molecule has 33 heavy (non-hydrogen) atoms. The molecule has 1 saturated carbocycles. The Labute approximate surface area is 198 Å². The van der Waals surface area contributed by atoms with Crippen LogP contribution < -0.4 is 14.5 Å². The van der Waals surface area contributed by atoms with Gasteiger partial charge in [0.25, 0.3) is 0 Å². The van der Waals surface area contributed by atoms with Crippen molar-refractivity contribution < 1.29 is 13.2 Å². The highest BCUT2D eigenvalue weighted by Crippen LogP contribution is 2.35. The molecule has 0 amide bonds. The van der Waals surface area contributed by atoms with Gasteiger partial charge in [0.15, 0.2) is 0 Å². The van der Waals surface area contributed by atoms with E-state index >= 15 is 0 Å². The standard InChI is InChI=1S/C25H36N4O3S/c1-28(2)21-13-15-26-25(17-21)29-16-14-23(27-33(3,30)31)24(29)18-32-22-11-9-20(10-12-22)19-7-5-4-6-8-19/h4-8,13,15,17,20,22-24,27H,9-12,14,16,18H2,1-3H3/t20-,22+,23-,24-/m0/s1. The first-order valence-electron chi connectivity index (χ1n) is 11.8. The van der Waals surface area contributed by atoms with E-state index in [1.54, 1.807) is 0 Å². The van der Waals surface area contributed by atoms with Gasteiger partial charge in [0.2, 0.25) is 10.0 Å². The molecule has 2 heterocycles. The average Bonchev–Trinajstić information content (AvgIpc) is 3.19. The first kappa shape index (κ1) is 24.0. The van der Waals surface area contributed by atoms with Gasteiger partial charge in [0, 0.05) is 44.6 Å². The quantitative estimate of drug-likeness (QED) is 0.635. The van der Waals surface area contributed by atoms with Crippen LogP contribution in [0.15, 0.2) is 48.7 Å². The van der Waals surface area contributed by atoms with Gasteiger partial charge in [0.05, 0.1) is 25.0 Å². The van der Waals surface area contributed by atoms with Gasteiger partial charge in [-0.1, -0.05) is 30.3 Å². The molecule has 1 aliphatic heterocycles. The maximum Gasteiger partial charge on any atom is 0.209 e. The minimum absolute atomic E-state index is 0.0866. The van der Waals surface area contributed by atoms with Crippen molar-refractivity contribution in [3.8, 4) is 0 Å². The fourth-order valence-corrected chi connectivity index (χ4v) is 5.95. The number of pyridine rings is 1. The second kappa shape index (κ2) is 10.4. The summed E-state index contributed by atoms with van der Waals surface area (Å²) >= 11 is 0. The summed E-state index contributed by atoms with van der Waals surface area (Å²) < 4.78 is 33.3. The second-order valence-electron chi connectivity index (χ2n) is 9.53. The van der Waals surface area contributed by atoms with E-state index in [0.29, 0.717) is 12.5 Å². The Morgan fingerprint density at radius 1 is 1.09 bits per heavy atom. The molecule has 0 radical (unpaired) electrons. The third-order valence-electron chi connectivity index (χ3n) is 6.90. The number of rotatable bonds is 8. The van der Waals surface area contributed by atoms with Crippen molar-refractivity contribution in [2.45, 2.75) is 56.2 Å². The molecule has 0 spiro atoms. The van der Waals surface area contributed by atoms with Gasteiger partial charge in [-0.05, 0) is 49.7 Å². The van der Waals surface area contributed by atoms with Crippen molar-refractivity contribution >= 4 is 21.5 Å². The number of nitrogens with zero attached hydrogens (tertiary/aromatic N) is 3. The Morgan fingerprint density at radius 2 is 1.82 bits per heavy atom. The number of hydrogen-bond acceptors (Lipinski definition) is 6. The first-order valence-corrected chi connectivity index (χ1v) is 13.7. The monoisotopic (exact) mass is 472 g/mol. The topological polar surface area (TPSA) is 74.8 Å². The SMILES string of the molecule is CN(C)c1ccnc(N2CC[C@H](NS(C)(=O)=O)[C@@H]2CO[C@H]2CC[C@@H](c3ccccc3)CC2)c1. The number of sulfonamides is 1. The lowest BCUT2D eigenvalue weighted by Crippen LogP contribution is -2.48. The number of hydrogen-bond donors (Lipinski definition) is 1. The molecule has 0 unspecified atom stereocenters. The molecule has 180 valence electrons. The molecule has 2 atom stereocenters. The Bertz CT molecular complexity index is 1010. The fraction of sp³-hybridized carbons (Fsp3) is 0.560. The lowest BCUT2D eigenvalue weighted by Gasteiger charge is -2.33.